The summed E-state index contributed by atoms with van der Waals surface area (Å²) in [7, 11) is 2.58. The van der Waals surface area contributed by atoms with Crippen molar-refractivity contribution in [1.82, 2.24) is 0 Å². The molecule has 1 rings (SSSR count). The Morgan fingerprint density at radius 3 is 2.69 bits per heavy atom. The van der Waals surface area contributed by atoms with Gasteiger partial charge in [-0.2, -0.15) is 0 Å². The highest BCUT2D eigenvalue weighted by molar-refractivity contribution is 8.13. The Balaban J connectivity index is 2.80. The number of carbonyl (C=O) groups is 1. The molecular weight excluding hydrogens is 256 g/mol. The first-order valence-corrected chi connectivity index (χ1v) is 6.49. The third kappa shape index (κ3) is 3.71. The smallest absolute Gasteiger partial charge is 0.343 e. The fourth-order valence-corrected chi connectivity index (χ4v) is 1.70. The van der Waals surface area contributed by atoms with E-state index >= 15 is 0 Å². The van der Waals surface area contributed by atoms with Gasteiger partial charge in [0.1, 0.15) is 5.75 Å². The first-order valence-electron chi connectivity index (χ1n) is 4.18. The minimum Gasteiger partial charge on any atom is -0.482 e. The van der Waals surface area contributed by atoms with E-state index in [1.165, 1.54) is 31.4 Å². The van der Waals surface area contributed by atoms with Gasteiger partial charge in [-0.15, -0.1) is 0 Å². The molecule has 0 N–H and O–H groups in total. The van der Waals surface area contributed by atoms with Crippen molar-refractivity contribution in [3.05, 3.63) is 24.3 Å². The van der Waals surface area contributed by atoms with Crippen LogP contribution in [-0.2, 0) is 18.6 Å². The predicted molar refractivity (Wildman–Crippen MR) is 57.0 cm³/mol. The molecule has 5 nitrogen and oxygen atoms in total. The zero-order valence-corrected chi connectivity index (χ0v) is 9.92. The summed E-state index contributed by atoms with van der Waals surface area (Å²) >= 11 is 0. The second kappa shape index (κ2) is 5.18. The van der Waals surface area contributed by atoms with Crippen LogP contribution in [0.15, 0.2) is 29.2 Å². The highest BCUT2D eigenvalue weighted by Gasteiger charge is 2.11. The lowest BCUT2D eigenvalue weighted by atomic mass is 10.3. The molecule has 0 saturated carbocycles. The fourth-order valence-electron chi connectivity index (χ4n) is 0.917. The lowest BCUT2D eigenvalue weighted by molar-refractivity contribution is -0.142. The summed E-state index contributed by atoms with van der Waals surface area (Å²) in [6.07, 6.45) is 0. The average molecular weight is 265 g/mol. The van der Waals surface area contributed by atoms with Crippen LogP contribution in [0.5, 0.6) is 5.75 Å². The summed E-state index contributed by atoms with van der Waals surface area (Å²) < 4.78 is 31.4. The van der Waals surface area contributed by atoms with Crippen molar-refractivity contribution in [3.63, 3.8) is 0 Å². The molecule has 0 aliphatic carbocycles. The van der Waals surface area contributed by atoms with Gasteiger partial charge in [0.15, 0.2) is 6.61 Å². The van der Waals surface area contributed by atoms with Gasteiger partial charge in [-0.25, -0.2) is 13.2 Å². The number of esters is 1. The number of rotatable bonds is 4. The van der Waals surface area contributed by atoms with Gasteiger partial charge in [0.05, 0.1) is 12.0 Å². The van der Waals surface area contributed by atoms with Gasteiger partial charge in [-0.3, -0.25) is 0 Å². The van der Waals surface area contributed by atoms with E-state index in [1.807, 2.05) is 0 Å². The molecular formula is C9H9ClO5S. The second-order valence-corrected chi connectivity index (χ2v) is 5.34. The second-order valence-electron chi connectivity index (χ2n) is 2.78. The first-order chi connectivity index (χ1) is 7.43. The molecule has 88 valence electrons. The molecule has 1 aromatic rings. The van der Waals surface area contributed by atoms with Crippen molar-refractivity contribution in [1.29, 1.82) is 0 Å². The van der Waals surface area contributed by atoms with Crippen molar-refractivity contribution >= 4 is 25.7 Å². The Kier molecular flexibility index (Phi) is 4.14. The molecule has 0 saturated heterocycles. The van der Waals surface area contributed by atoms with E-state index in [9.17, 15) is 13.2 Å². The van der Waals surface area contributed by atoms with E-state index in [-0.39, 0.29) is 17.3 Å². The Morgan fingerprint density at radius 2 is 2.12 bits per heavy atom. The Hall–Kier alpha value is -1.27. The lowest BCUT2D eigenvalue weighted by Gasteiger charge is -2.05. The first kappa shape index (κ1) is 12.8. The average Bonchev–Trinajstić information content (AvgIpc) is 2.25. The predicted octanol–water partition coefficient (Wildman–Crippen LogP) is 1.17. The zero-order valence-electron chi connectivity index (χ0n) is 8.34. The molecule has 16 heavy (non-hydrogen) atoms. The molecule has 0 aromatic heterocycles. The maximum absolute atomic E-state index is 11.0. The number of methoxy groups -OCH3 is 1. The van der Waals surface area contributed by atoms with E-state index < -0.39 is 15.0 Å². The van der Waals surface area contributed by atoms with Gasteiger partial charge < -0.3 is 9.47 Å². The summed E-state index contributed by atoms with van der Waals surface area (Å²) in [5.41, 5.74) is 0. The van der Waals surface area contributed by atoms with E-state index in [1.54, 1.807) is 0 Å². The van der Waals surface area contributed by atoms with Crippen LogP contribution < -0.4 is 4.74 Å². The van der Waals surface area contributed by atoms with Crippen molar-refractivity contribution < 1.29 is 22.7 Å². The van der Waals surface area contributed by atoms with Crippen LogP contribution in [0.3, 0.4) is 0 Å². The van der Waals surface area contributed by atoms with E-state index in [2.05, 4.69) is 4.74 Å². The number of ether oxygens (including phenoxy) is 2. The standard InChI is InChI=1S/C9H9ClO5S/c1-14-9(11)6-15-7-3-2-4-8(5-7)16(10,12)13/h2-5H,6H2,1H3. The van der Waals surface area contributed by atoms with Gasteiger partial charge in [0, 0.05) is 16.7 Å². The maximum Gasteiger partial charge on any atom is 0.343 e. The molecule has 7 heteroatoms. The number of benzene rings is 1. The third-order valence-corrected chi connectivity index (χ3v) is 3.02. The quantitative estimate of drug-likeness (QED) is 0.603. The monoisotopic (exact) mass is 264 g/mol. The number of carbonyl (C=O) groups excluding carboxylic acids is 1. The van der Waals surface area contributed by atoms with Crippen LogP contribution in [0.4, 0.5) is 0 Å². The highest BCUT2D eigenvalue weighted by Crippen LogP contribution is 2.20. The normalized spacial score (nSPS) is 10.9. The Morgan fingerprint density at radius 1 is 1.44 bits per heavy atom. The van der Waals surface area contributed by atoms with Crippen molar-refractivity contribution in [2.45, 2.75) is 4.90 Å². The Bertz CT molecular complexity index is 482. The minimum atomic E-state index is -3.79. The molecule has 0 fully saturated rings. The van der Waals surface area contributed by atoms with E-state index in [4.69, 9.17) is 15.4 Å². The Labute approximate surface area is 97.3 Å². The van der Waals surface area contributed by atoms with Crippen LogP contribution in [0.1, 0.15) is 0 Å². The van der Waals surface area contributed by atoms with E-state index in [0.29, 0.717) is 0 Å². The maximum atomic E-state index is 11.0. The molecule has 0 atom stereocenters. The largest absolute Gasteiger partial charge is 0.482 e. The van der Waals surface area contributed by atoms with Crippen LogP contribution >= 0.6 is 10.7 Å². The summed E-state index contributed by atoms with van der Waals surface area (Å²) in [4.78, 5) is 10.7. The minimum absolute atomic E-state index is 0.0865. The van der Waals surface area contributed by atoms with Crippen LogP contribution in [0.25, 0.3) is 0 Å². The number of hydrogen-bond acceptors (Lipinski definition) is 5. The summed E-state index contributed by atoms with van der Waals surface area (Å²) in [6, 6.07) is 5.52. The summed E-state index contributed by atoms with van der Waals surface area (Å²) in [5, 5.41) is 0. The van der Waals surface area contributed by atoms with Gasteiger partial charge in [0.25, 0.3) is 9.05 Å². The SMILES string of the molecule is COC(=O)COc1cccc(S(=O)(=O)Cl)c1. The van der Waals surface area contributed by atoms with Crippen LogP contribution in [0, 0.1) is 0 Å². The molecule has 0 radical (unpaired) electrons. The molecule has 0 spiro atoms. The van der Waals surface area contributed by atoms with Gasteiger partial charge in [0.2, 0.25) is 0 Å². The molecule has 0 aliphatic heterocycles. The molecule has 1 aromatic carbocycles. The lowest BCUT2D eigenvalue weighted by Crippen LogP contribution is -2.12. The van der Waals surface area contributed by atoms with Gasteiger partial charge in [-0.1, -0.05) is 6.07 Å². The summed E-state index contributed by atoms with van der Waals surface area (Å²) in [5.74, 6) is -0.328. The molecule has 0 unspecified atom stereocenters. The van der Waals surface area contributed by atoms with Crippen molar-refractivity contribution in [3.8, 4) is 5.75 Å². The van der Waals surface area contributed by atoms with Gasteiger partial charge in [-0.05, 0) is 12.1 Å². The van der Waals surface area contributed by atoms with Crippen LogP contribution in [-0.4, -0.2) is 28.1 Å². The topological polar surface area (TPSA) is 69.7 Å². The number of hydrogen-bond donors (Lipinski definition) is 0. The zero-order chi connectivity index (χ0) is 12.2. The fraction of sp³-hybridized carbons (Fsp3) is 0.222. The molecule has 0 amide bonds. The highest BCUT2D eigenvalue weighted by atomic mass is 35.7. The van der Waals surface area contributed by atoms with E-state index in [0.717, 1.165) is 0 Å². The summed E-state index contributed by atoms with van der Waals surface area (Å²) in [6.45, 7) is -0.289. The molecule has 0 heterocycles. The molecule has 0 bridgehead atoms. The third-order valence-electron chi connectivity index (χ3n) is 1.67. The molecule has 0 aliphatic rings. The van der Waals surface area contributed by atoms with Crippen molar-refractivity contribution in [2.75, 3.05) is 13.7 Å². The van der Waals surface area contributed by atoms with Crippen molar-refractivity contribution in [2.24, 2.45) is 0 Å². The van der Waals surface area contributed by atoms with Crippen LogP contribution in [0.2, 0.25) is 0 Å². The van der Waals surface area contributed by atoms with Gasteiger partial charge >= 0.3 is 5.97 Å². The number of halogens is 1.